The third-order valence-electron chi connectivity index (χ3n) is 4.52. The van der Waals surface area contributed by atoms with Gasteiger partial charge < -0.3 is 15.5 Å². The van der Waals surface area contributed by atoms with E-state index in [1.807, 2.05) is 66.9 Å². The van der Waals surface area contributed by atoms with Crippen molar-refractivity contribution in [3.05, 3.63) is 84.1 Å². The molecule has 0 fully saturated rings. The van der Waals surface area contributed by atoms with Gasteiger partial charge in [-0.2, -0.15) is 0 Å². The molecule has 2 N–H and O–H groups in total. The van der Waals surface area contributed by atoms with E-state index in [9.17, 15) is 4.79 Å². The molecule has 0 saturated carbocycles. The van der Waals surface area contributed by atoms with Gasteiger partial charge in [-0.05, 0) is 47.9 Å². The lowest BCUT2D eigenvalue weighted by Crippen LogP contribution is -2.32. The van der Waals surface area contributed by atoms with Gasteiger partial charge in [0.25, 0.3) is 0 Å². The van der Waals surface area contributed by atoms with Crippen molar-refractivity contribution in [1.82, 2.24) is 4.98 Å². The van der Waals surface area contributed by atoms with Crippen LogP contribution in [-0.4, -0.2) is 17.6 Å². The number of carbonyl (C=O) groups excluding carboxylic acids is 1. The van der Waals surface area contributed by atoms with Crippen LogP contribution >= 0.6 is 0 Å². The van der Waals surface area contributed by atoms with Crippen molar-refractivity contribution in [1.29, 1.82) is 0 Å². The molecule has 5 nitrogen and oxygen atoms in total. The predicted octanol–water partition coefficient (Wildman–Crippen LogP) is 4.29. The number of rotatable bonds is 3. The number of fused-ring (bicyclic) bond motifs is 1. The summed E-state index contributed by atoms with van der Waals surface area (Å²) in [6.07, 6.45) is 2.68. The van der Waals surface area contributed by atoms with Crippen LogP contribution < -0.4 is 15.5 Å². The van der Waals surface area contributed by atoms with E-state index in [1.54, 1.807) is 0 Å². The van der Waals surface area contributed by atoms with Crippen molar-refractivity contribution < 1.29 is 4.79 Å². The second-order valence-electron chi connectivity index (χ2n) is 6.25. The molecular weight excluding hydrogens is 324 g/mol. The number of nitrogens with zero attached hydrogens (tertiary/aromatic N) is 2. The fourth-order valence-corrected chi connectivity index (χ4v) is 3.27. The van der Waals surface area contributed by atoms with E-state index in [1.165, 1.54) is 11.1 Å². The zero-order valence-corrected chi connectivity index (χ0v) is 14.4. The highest BCUT2D eigenvalue weighted by atomic mass is 16.2. The fraction of sp³-hybridized carbons (Fsp3) is 0.143. The molecule has 2 aromatic carbocycles. The summed E-state index contributed by atoms with van der Waals surface area (Å²) in [5, 5.41) is 5.85. The van der Waals surface area contributed by atoms with Crippen LogP contribution in [0.4, 0.5) is 22.0 Å². The maximum absolute atomic E-state index is 12.3. The summed E-state index contributed by atoms with van der Waals surface area (Å²) in [4.78, 5) is 19.0. The first-order chi connectivity index (χ1) is 12.8. The molecule has 0 radical (unpaired) electrons. The molecule has 5 heteroatoms. The minimum atomic E-state index is -0.225. The maximum Gasteiger partial charge on any atom is 0.323 e. The second kappa shape index (κ2) is 7.27. The average molecular weight is 344 g/mol. The first-order valence-corrected chi connectivity index (χ1v) is 8.69. The largest absolute Gasteiger partial charge is 0.352 e. The van der Waals surface area contributed by atoms with E-state index in [2.05, 4.69) is 26.6 Å². The highest BCUT2D eigenvalue weighted by molar-refractivity contribution is 6.00. The molecule has 0 bridgehead atoms. The molecule has 1 aromatic heterocycles. The Morgan fingerprint density at radius 1 is 0.923 bits per heavy atom. The third kappa shape index (κ3) is 3.52. The molecule has 2 heterocycles. The Kier molecular flexibility index (Phi) is 4.51. The van der Waals surface area contributed by atoms with Crippen molar-refractivity contribution in [2.75, 3.05) is 22.1 Å². The number of urea groups is 1. The van der Waals surface area contributed by atoms with Crippen molar-refractivity contribution >= 4 is 23.2 Å². The van der Waals surface area contributed by atoms with Gasteiger partial charge in [0.15, 0.2) is 0 Å². The second-order valence-corrected chi connectivity index (χ2v) is 6.25. The molecule has 130 valence electrons. The number of benzene rings is 2. The number of carbonyl (C=O) groups is 1. The molecule has 3 aromatic rings. The molecule has 0 spiro atoms. The lowest BCUT2D eigenvalue weighted by Gasteiger charge is -2.31. The van der Waals surface area contributed by atoms with Gasteiger partial charge in [0.05, 0.1) is 0 Å². The first-order valence-electron chi connectivity index (χ1n) is 8.69. The number of amides is 2. The zero-order chi connectivity index (χ0) is 17.8. The summed E-state index contributed by atoms with van der Waals surface area (Å²) in [7, 11) is 0. The Bertz CT molecular complexity index is 896. The van der Waals surface area contributed by atoms with Crippen LogP contribution in [0.1, 0.15) is 11.1 Å². The molecule has 1 aliphatic heterocycles. The molecule has 0 saturated heterocycles. The molecular formula is C21H20N4O. The summed E-state index contributed by atoms with van der Waals surface area (Å²) >= 11 is 0. The average Bonchev–Trinajstić information content (AvgIpc) is 2.69. The molecule has 0 unspecified atom stereocenters. The molecule has 1 aliphatic rings. The van der Waals surface area contributed by atoms with Crippen molar-refractivity contribution in [3.63, 3.8) is 0 Å². The van der Waals surface area contributed by atoms with Crippen LogP contribution in [0.2, 0.25) is 0 Å². The summed E-state index contributed by atoms with van der Waals surface area (Å²) in [6.45, 7) is 1.67. The Hall–Kier alpha value is -3.34. The van der Waals surface area contributed by atoms with E-state index in [-0.39, 0.29) is 6.03 Å². The van der Waals surface area contributed by atoms with Gasteiger partial charge in [-0.15, -0.1) is 0 Å². The lowest BCUT2D eigenvalue weighted by molar-refractivity contribution is 0.262. The van der Waals surface area contributed by atoms with Gasteiger partial charge in [0.1, 0.15) is 5.82 Å². The summed E-state index contributed by atoms with van der Waals surface area (Å²) in [5.74, 6) is 0.985. The van der Waals surface area contributed by atoms with E-state index in [0.717, 1.165) is 36.7 Å². The number of para-hydroxylation sites is 1. The van der Waals surface area contributed by atoms with Gasteiger partial charge in [0.2, 0.25) is 0 Å². The number of anilines is 3. The van der Waals surface area contributed by atoms with Crippen LogP contribution in [0.3, 0.4) is 0 Å². The standard InChI is InChI=1S/C21H20N4O/c26-21(23-17-8-2-1-3-9-17)24-19-10-6-7-16-15-25(14-12-18(16)19)20-11-4-5-13-22-20/h1-11,13H,12,14-15H2,(H2,23,24,26). The van der Waals surface area contributed by atoms with Gasteiger partial charge in [-0.1, -0.05) is 36.4 Å². The van der Waals surface area contributed by atoms with E-state index < -0.39 is 0 Å². The topological polar surface area (TPSA) is 57.3 Å². The summed E-state index contributed by atoms with van der Waals surface area (Å²) in [5.41, 5.74) is 4.06. The van der Waals surface area contributed by atoms with Crippen LogP contribution in [0.15, 0.2) is 72.9 Å². The minimum Gasteiger partial charge on any atom is -0.352 e. The zero-order valence-electron chi connectivity index (χ0n) is 14.4. The normalized spacial score (nSPS) is 13.0. The van der Waals surface area contributed by atoms with Gasteiger partial charge in [-0.3, -0.25) is 0 Å². The number of pyridine rings is 1. The molecule has 2 amide bonds. The monoisotopic (exact) mass is 344 g/mol. The van der Waals surface area contributed by atoms with Gasteiger partial charge in [0, 0.05) is 30.7 Å². The van der Waals surface area contributed by atoms with Crippen molar-refractivity contribution in [2.24, 2.45) is 0 Å². The van der Waals surface area contributed by atoms with Crippen LogP contribution in [0, 0.1) is 0 Å². The van der Waals surface area contributed by atoms with E-state index in [0.29, 0.717) is 0 Å². The molecule has 0 aliphatic carbocycles. The third-order valence-corrected chi connectivity index (χ3v) is 4.52. The minimum absolute atomic E-state index is 0.225. The smallest absolute Gasteiger partial charge is 0.323 e. The molecule has 0 atom stereocenters. The van der Waals surface area contributed by atoms with Crippen molar-refractivity contribution in [2.45, 2.75) is 13.0 Å². The van der Waals surface area contributed by atoms with E-state index in [4.69, 9.17) is 0 Å². The lowest BCUT2D eigenvalue weighted by atomic mass is 9.97. The van der Waals surface area contributed by atoms with Crippen molar-refractivity contribution in [3.8, 4) is 0 Å². The number of aromatic nitrogens is 1. The number of hydrogen-bond acceptors (Lipinski definition) is 3. The van der Waals surface area contributed by atoms with Crippen LogP contribution in [-0.2, 0) is 13.0 Å². The van der Waals surface area contributed by atoms with Crippen LogP contribution in [0.25, 0.3) is 0 Å². The van der Waals surface area contributed by atoms with Crippen LogP contribution in [0.5, 0.6) is 0 Å². The highest BCUT2D eigenvalue weighted by Gasteiger charge is 2.20. The SMILES string of the molecule is O=C(Nc1ccccc1)Nc1cccc2c1CCN(c1ccccn1)C2. The van der Waals surface area contributed by atoms with Gasteiger partial charge >= 0.3 is 6.03 Å². The Morgan fingerprint density at radius 2 is 1.77 bits per heavy atom. The molecule has 26 heavy (non-hydrogen) atoms. The molecule has 4 rings (SSSR count). The summed E-state index contributed by atoms with van der Waals surface area (Å²) < 4.78 is 0. The quantitative estimate of drug-likeness (QED) is 0.745. The maximum atomic E-state index is 12.3. The Labute approximate surface area is 152 Å². The van der Waals surface area contributed by atoms with Gasteiger partial charge in [-0.25, -0.2) is 9.78 Å². The number of nitrogens with one attached hydrogen (secondary N) is 2. The Morgan fingerprint density at radius 3 is 2.58 bits per heavy atom. The fourth-order valence-electron chi connectivity index (χ4n) is 3.27. The Balaban J connectivity index is 1.49. The van der Waals surface area contributed by atoms with E-state index >= 15 is 0 Å². The first kappa shape index (κ1) is 16.1. The highest BCUT2D eigenvalue weighted by Crippen LogP contribution is 2.28. The summed E-state index contributed by atoms with van der Waals surface area (Å²) in [6, 6.07) is 21.2. The number of hydrogen-bond donors (Lipinski definition) is 2. The predicted molar refractivity (Wildman–Crippen MR) is 105 cm³/mol.